The van der Waals surface area contributed by atoms with Gasteiger partial charge >= 0.3 is 0 Å². The first-order chi connectivity index (χ1) is 14.9. The summed E-state index contributed by atoms with van der Waals surface area (Å²) in [6.45, 7) is 3.30. The fourth-order valence-electron chi connectivity index (χ4n) is 3.26. The monoisotopic (exact) mass is 441 g/mol. The van der Waals surface area contributed by atoms with E-state index in [9.17, 15) is 19.7 Å². The van der Waals surface area contributed by atoms with Crippen molar-refractivity contribution < 1.29 is 14.5 Å². The van der Waals surface area contributed by atoms with Crippen molar-refractivity contribution in [3.8, 4) is 0 Å². The molecule has 1 aliphatic heterocycles. The van der Waals surface area contributed by atoms with Gasteiger partial charge in [-0.15, -0.1) is 0 Å². The van der Waals surface area contributed by atoms with E-state index < -0.39 is 10.8 Å². The second-order valence-electron chi connectivity index (χ2n) is 7.04. The van der Waals surface area contributed by atoms with Crippen molar-refractivity contribution in [1.29, 1.82) is 0 Å². The van der Waals surface area contributed by atoms with Crippen LogP contribution in [-0.2, 0) is 4.79 Å². The first-order valence-corrected chi connectivity index (χ1v) is 10.3. The van der Waals surface area contributed by atoms with Gasteiger partial charge in [0.25, 0.3) is 11.6 Å². The third-order valence-electron chi connectivity index (χ3n) is 4.86. The number of nitrogens with one attached hydrogen (secondary N) is 3. The first-order valence-electron chi connectivity index (χ1n) is 9.93. The maximum absolute atomic E-state index is 12.5. The topological polar surface area (TPSA) is 117 Å². The Bertz CT molecular complexity index is 1000. The van der Waals surface area contributed by atoms with Crippen LogP contribution in [0.4, 0.5) is 22.7 Å². The number of nitrogens with zero attached hydrogens (tertiary/aromatic N) is 2. The Morgan fingerprint density at radius 1 is 1.06 bits per heavy atom. The van der Waals surface area contributed by atoms with Crippen molar-refractivity contribution in [3.05, 3.63) is 58.1 Å². The number of rotatable bonds is 6. The maximum atomic E-state index is 12.5. The zero-order chi connectivity index (χ0) is 22.4. The Labute approximate surface area is 185 Å². The zero-order valence-corrected chi connectivity index (χ0v) is 17.8. The third kappa shape index (κ3) is 5.76. The first kappa shape index (κ1) is 22.2. The highest BCUT2D eigenvalue weighted by molar-refractivity contribution is 7.80. The number of nitro groups is 1. The minimum Gasteiger partial charge on any atom is -0.366 e. The molecule has 2 aromatic rings. The molecule has 162 valence electrons. The number of nitro benzene ring substituents is 1. The molecule has 31 heavy (non-hydrogen) atoms. The van der Waals surface area contributed by atoms with E-state index in [1.807, 2.05) is 4.90 Å². The Morgan fingerprint density at radius 2 is 1.68 bits per heavy atom. The number of benzene rings is 2. The second kappa shape index (κ2) is 9.98. The van der Waals surface area contributed by atoms with Gasteiger partial charge in [-0.1, -0.05) is 6.92 Å². The molecule has 1 saturated heterocycles. The zero-order valence-electron chi connectivity index (χ0n) is 17.0. The molecule has 0 bridgehead atoms. The highest BCUT2D eigenvalue weighted by Gasteiger charge is 2.24. The van der Waals surface area contributed by atoms with Crippen molar-refractivity contribution in [3.63, 3.8) is 0 Å². The van der Waals surface area contributed by atoms with E-state index in [-0.39, 0.29) is 22.3 Å². The quantitative estimate of drug-likeness (QED) is 0.356. The molecular weight excluding hydrogens is 418 g/mol. The normalized spacial score (nSPS) is 12.9. The molecule has 0 radical (unpaired) electrons. The standard InChI is InChI=1S/C21H23N5O4S/c1-2-19(27)22-15-6-8-16(9-7-15)23-21(31)24-20(28)14-5-10-17(18(13-14)26(29)30)25-11-3-4-12-25/h5-10,13H,2-4,11-12H2,1H3,(H,22,27)(H2,23,24,28,31). The van der Waals surface area contributed by atoms with Crippen LogP contribution in [0.15, 0.2) is 42.5 Å². The lowest BCUT2D eigenvalue weighted by Gasteiger charge is -2.18. The summed E-state index contributed by atoms with van der Waals surface area (Å²) in [4.78, 5) is 37.0. The van der Waals surface area contributed by atoms with E-state index in [1.165, 1.54) is 6.07 Å². The van der Waals surface area contributed by atoms with Gasteiger partial charge in [-0.25, -0.2) is 0 Å². The molecule has 3 N–H and O–H groups in total. The molecule has 3 rings (SSSR count). The summed E-state index contributed by atoms with van der Waals surface area (Å²) >= 11 is 5.18. The minimum absolute atomic E-state index is 0.0571. The van der Waals surface area contributed by atoms with Crippen LogP contribution in [0.25, 0.3) is 0 Å². The van der Waals surface area contributed by atoms with Crippen LogP contribution in [-0.4, -0.2) is 34.9 Å². The van der Waals surface area contributed by atoms with Gasteiger partial charge < -0.3 is 15.5 Å². The van der Waals surface area contributed by atoms with Crippen LogP contribution < -0.4 is 20.9 Å². The summed E-state index contributed by atoms with van der Waals surface area (Å²) in [5.41, 5.74) is 1.84. The lowest BCUT2D eigenvalue weighted by molar-refractivity contribution is -0.384. The summed E-state index contributed by atoms with van der Waals surface area (Å²) in [7, 11) is 0. The van der Waals surface area contributed by atoms with E-state index in [1.54, 1.807) is 43.3 Å². The Balaban J connectivity index is 1.64. The number of hydrogen-bond acceptors (Lipinski definition) is 6. The van der Waals surface area contributed by atoms with Crippen molar-refractivity contribution >= 4 is 51.9 Å². The molecule has 0 atom stereocenters. The number of carbonyl (C=O) groups excluding carboxylic acids is 2. The molecule has 1 aliphatic rings. The fourth-order valence-corrected chi connectivity index (χ4v) is 3.47. The summed E-state index contributed by atoms with van der Waals surface area (Å²) in [5, 5.41) is 19.7. The van der Waals surface area contributed by atoms with Crippen molar-refractivity contribution in [1.82, 2.24) is 5.32 Å². The molecule has 10 heteroatoms. The fraction of sp³-hybridized carbons (Fsp3) is 0.286. The van der Waals surface area contributed by atoms with Crippen molar-refractivity contribution in [2.45, 2.75) is 26.2 Å². The molecule has 0 spiro atoms. The summed E-state index contributed by atoms with van der Waals surface area (Å²) in [5.74, 6) is -0.631. The molecule has 1 heterocycles. The average Bonchev–Trinajstić information content (AvgIpc) is 3.29. The van der Waals surface area contributed by atoms with Crippen LogP contribution in [0.2, 0.25) is 0 Å². The molecule has 0 aromatic heterocycles. The van der Waals surface area contributed by atoms with Gasteiger partial charge in [0.2, 0.25) is 5.91 Å². The van der Waals surface area contributed by atoms with Crippen LogP contribution in [0.1, 0.15) is 36.5 Å². The Morgan fingerprint density at radius 3 is 2.26 bits per heavy atom. The summed E-state index contributed by atoms with van der Waals surface area (Å²) in [6, 6.07) is 11.3. The van der Waals surface area contributed by atoms with Gasteiger partial charge in [0.15, 0.2) is 5.11 Å². The number of amides is 2. The lowest BCUT2D eigenvalue weighted by Crippen LogP contribution is -2.34. The molecule has 0 aliphatic carbocycles. The lowest BCUT2D eigenvalue weighted by atomic mass is 10.1. The number of thiocarbonyl (C=S) groups is 1. The molecule has 2 amide bonds. The van der Waals surface area contributed by atoms with Gasteiger partial charge in [0.1, 0.15) is 5.69 Å². The molecule has 1 fully saturated rings. The van der Waals surface area contributed by atoms with Gasteiger partial charge in [-0.2, -0.15) is 0 Å². The maximum Gasteiger partial charge on any atom is 0.293 e. The minimum atomic E-state index is -0.541. The van der Waals surface area contributed by atoms with Gasteiger partial charge in [0.05, 0.1) is 4.92 Å². The van der Waals surface area contributed by atoms with E-state index in [0.29, 0.717) is 23.5 Å². The predicted molar refractivity (Wildman–Crippen MR) is 124 cm³/mol. The Hall–Kier alpha value is -3.53. The Kier molecular flexibility index (Phi) is 7.14. The second-order valence-corrected chi connectivity index (χ2v) is 7.45. The summed E-state index contributed by atoms with van der Waals surface area (Å²) < 4.78 is 0. The summed E-state index contributed by atoms with van der Waals surface area (Å²) in [6.07, 6.45) is 2.36. The smallest absolute Gasteiger partial charge is 0.293 e. The average molecular weight is 442 g/mol. The van der Waals surface area contributed by atoms with Crippen LogP contribution in [0.3, 0.4) is 0 Å². The van der Waals surface area contributed by atoms with Crippen LogP contribution in [0, 0.1) is 10.1 Å². The van der Waals surface area contributed by atoms with E-state index in [2.05, 4.69) is 16.0 Å². The largest absolute Gasteiger partial charge is 0.366 e. The third-order valence-corrected chi connectivity index (χ3v) is 5.06. The molecular formula is C21H23N5O4S. The molecule has 2 aromatic carbocycles. The highest BCUT2D eigenvalue weighted by Crippen LogP contribution is 2.31. The van der Waals surface area contributed by atoms with Gasteiger partial charge in [-0.3, -0.25) is 25.0 Å². The predicted octanol–water partition coefficient (Wildman–Crippen LogP) is 3.67. The number of anilines is 3. The molecule has 0 saturated carbocycles. The number of carbonyl (C=O) groups is 2. The van der Waals surface area contributed by atoms with Crippen LogP contribution >= 0.6 is 12.2 Å². The molecule has 9 nitrogen and oxygen atoms in total. The van der Waals surface area contributed by atoms with Crippen LogP contribution in [0.5, 0.6) is 0 Å². The van der Waals surface area contributed by atoms with E-state index in [4.69, 9.17) is 12.2 Å². The van der Waals surface area contributed by atoms with Gasteiger partial charge in [0, 0.05) is 42.5 Å². The van der Waals surface area contributed by atoms with Crippen molar-refractivity contribution in [2.75, 3.05) is 28.6 Å². The van der Waals surface area contributed by atoms with Gasteiger partial charge in [-0.05, 0) is 61.5 Å². The number of hydrogen-bond donors (Lipinski definition) is 3. The van der Waals surface area contributed by atoms with E-state index >= 15 is 0 Å². The molecule has 0 unspecified atom stereocenters. The highest BCUT2D eigenvalue weighted by atomic mass is 32.1. The van der Waals surface area contributed by atoms with Crippen molar-refractivity contribution in [2.24, 2.45) is 0 Å². The SMILES string of the molecule is CCC(=O)Nc1ccc(NC(=S)NC(=O)c2ccc(N3CCCC3)c([N+](=O)[O-])c2)cc1. The van der Waals surface area contributed by atoms with E-state index in [0.717, 1.165) is 25.9 Å².